The third-order valence-electron chi connectivity index (χ3n) is 5.86. The standard InChI is InChI=1S/C20H23N3O3.C4H6O5/c1-3-26-19-7-14-15-6-13(24)4-5-17(15)23-20(12-9-21-11-22-10-12)16(14)8-18(19)25-2;5-2(4(8)9)1-3(6)7/h7-11,13,15,17,24H,3-6H2,1-2H3;2,5H,1H2,(H,6,7)(H,8,9)/t13-,15-,17-;2-/m11/s1. The van der Waals surface area contributed by atoms with Crippen LogP contribution < -0.4 is 9.47 Å². The predicted molar refractivity (Wildman–Crippen MR) is 124 cm³/mol. The molecule has 0 saturated heterocycles. The number of aliphatic carboxylic acids is 2. The zero-order valence-electron chi connectivity index (χ0n) is 19.5. The average molecular weight is 488 g/mol. The van der Waals surface area contributed by atoms with Crippen molar-refractivity contribution in [2.24, 2.45) is 4.99 Å². The van der Waals surface area contributed by atoms with E-state index in [1.165, 1.54) is 6.33 Å². The SMILES string of the molecule is CCOc1cc2c(cc1OC)C(c1cncnc1)=N[C@@H]1CC[C@@H](O)C[C@H]21.O=C(O)C[C@@H](O)C(=O)O. The molecule has 1 aliphatic heterocycles. The number of carbonyl (C=O) groups is 2. The molecule has 1 fully saturated rings. The Morgan fingerprint density at radius 2 is 1.86 bits per heavy atom. The van der Waals surface area contributed by atoms with E-state index >= 15 is 0 Å². The summed E-state index contributed by atoms with van der Waals surface area (Å²) in [6.45, 7) is 2.53. The summed E-state index contributed by atoms with van der Waals surface area (Å²) in [6.07, 6.45) is 4.65. The van der Waals surface area contributed by atoms with Crippen molar-refractivity contribution in [1.82, 2.24) is 9.97 Å². The summed E-state index contributed by atoms with van der Waals surface area (Å²) in [6, 6.07) is 4.21. The van der Waals surface area contributed by atoms with Crippen LogP contribution in [0.4, 0.5) is 0 Å². The normalized spacial score (nSPS) is 21.3. The second-order valence-corrected chi connectivity index (χ2v) is 8.22. The molecule has 0 bridgehead atoms. The summed E-state index contributed by atoms with van der Waals surface area (Å²) in [7, 11) is 1.64. The number of aromatic nitrogens is 2. The maximum absolute atomic E-state index is 10.2. The van der Waals surface area contributed by atoms with Crippen molar-refractivity contribution < 1.29 is 39.5 Å². The number of rotatable bonds is 7. The van der Waals surface area contributed by atoms with Crippen LogP contribution in [0.2, 0.25) is 0 Å². The fraction of sp³-hybridized carbons (Fsp3) is 0.458. The number of carboxylic acid groups (broad SMARTS) is 2. The summed E-state index contributed by atoms with van der Waals surface area (Å²) in [5, 5.41) is 34.3. The Morgan fingerprint density at radius 3 is 2.43 bits per heavy atom. The molecule has 11 heteroatoms. The highest BCUT2D eigenvalue weighted by Gasteiger charge is 2.37. The van der Waals surface area contributed by atoms with E-state index in [0.29, 0.717) is 12.4 Å². The minimum absolute atomic E-state index is 0.156. The number of fused-ring (bicyclic) bond motifs is 3. The molecule has 2 heterocycles. The Bertz CT molecular complexity index is 1080. The lowest BCUT2D eigenvalue weighted by atomic mass is 9.74. The molecule has 1 aromatic heterocycles. The number of hydrogen-bond acceptors (Lipinski definition) is 9. The Hall–Kier alpha value is -3.57. The molecule has 0 amide bonds. The summed E-state index contributed by atoms with van der Waals surface area (Å²) in [5.41, 5.74) is 3.95. The van der Waals surface area contributed by atoms with Gasteiger partial charge in [0.15, 0.2) is 17.6 Å². The molecule has 4 N–H and O–H groups in total. The van der Waals surface area contributed by atoms with Gasteiger partial charge in [-0.15, -0.1) is 0 Å². The summed E-state index contributed by atoms with van der Waals surface area (Å²) in [5.74, 6) is -1.24. The molecule has 0 spiro atoms. The molecule has 4 rings (SSSR count). The van der Waals surface area contributed by atoms with Crippen molar-refractivity contribution >= 4 is 17.7 Å². The van der Waals surface area contributed by atoms with Gasteiger partial charge in [-0.2, -0.15) is 0 Å². The van der Waals surface area contributed by atoms with Crippen molar-refractivity contribution in [2.45, 2.75) is 56.8 Å². The highest BCUT2D eigenvalue weighted by atomic mass is 16.5. The van der Waals surface area contributed by atoms with E-state index in [0.717, 1.165) is 47.4 Å². The quantitative estimate of drug-likeness (QED) is 0.450. The summed E-state index contributed by atoms with van der Waals surface area (Å²) < 4.78 is 11.3. The van der Waals surface area contributed by atoms with Crippen LogP contribution in [0.1, 0.15) is 55.2 Å². The number of aliphatic hydroxyl groups is 2. The number of nitrogens with zero attached hydrogens (tertiary/aromatic N) is 3. The fourth-order valence-electron chi connectivity index (χ4n) is 4.28. The van der Waals surface area contributed by atoms with Gasteiger partial charge in [-0.05, 0) is 43.9 Å². The van der Waals surface area contributed by atoms with Crippen LogP contribution >= 0.6 is 0 Å². The van der Waals surface area contributed by atoms with E-state index in [4.69, 9.17) is 29.8 Å². The molecule has 2 aliphatic rings. The first-order chi connectivity index (χ1) is 16.7. The van der Waals surface area contributed by atoms with Crippen LogP contribution in [-0.4, -0.2) is 80.0 Å². The molecule has 0 radical (unpaired) electrons. The van der Waals surface area contributed by atoms with Gasteiger partial charge in [0.1, 0.15) is 6.33 Å². The van der Waals surface area contributed by atoms with Crippen LogP contribution in [0, 0.1) is 0 Å². The number of hydrogen-bond donors (Lipinski definition) is 4. The fourth-order valence-corrected chi connectivity index (χ4v) is 4.28. The monoisotopic (exact) mass is 487 g/mol. The number of aliphatic imine (C=N–C) groups is 1. The maximum Gasteiger partial charge on any atom is 0.333 e. The molecule has 35 heavy (non-hydrogen) atoms. The number of benzene rings is 1. The van der Waals surface area contributed by atoms with Crippen LogP contribution in [0.5, 0.6) is 11.5 Å². The first kappa shape index (κ1) is 26.0. The molecular weight excluding hydrogens is 458 g/mol. The Morgan fingerprint density at radius 1 is 1.14 bits per heavy atom. The lowest BCUT2D eigenvalue weighted by Gasteiger charge is -2.37. The second kappa shape index (κ2) is 11.7. The third-order valence-corrected chi connectivity index (χ3v) is 5.86. The third kappa shape index (κ3) is 6.31. The Balaban J connectivity index is 0.000000327. The minimum Gasteiger partial charge on any atom is -0.493 e. The van der Waals surface area contributed by atoms with Gasteiger partial charge < -0.3 is 29.9 Å². The van der Waals surface area contributed by atoms with Crippen molar-refractivity contribution in [2.75, 3.05) is 13.7 Å². The van der Waals surface area contributed by atoms with Crippen LogP contribution in [-0.2, 0) is 9.59 Å². The lowest BCUT2D eigenvalue weighted by molar-refractivity contribution is -0.152. The van der Waals surface area contributed by atoms with E-state index in [2.05, 4.69) is 16.0 Å². The number of carboxylic acids is 2. The van der Waals surface area contributed by atoms with Crippen LogP contribution in [0.15, 0.2) is 35.8 Å². The average Bonchev–Trinajstić information content (AvgIpc) is 2.84. The first-order valence-corrected chi connectivity index (χ1v) is 11.2. The van der Waals surface area contributed by atoms with E-state index in [1.807, 2.05) is 13.0 Å². The highest BCUT2D eigenvalue weighted by molar-refractivity contribution is 6.14. The van der Waals surface area contributed by atoms with Crippen molar-refractivity contribution in [3.05, 3.63) is 47.5 Å². The zero-order chi connectivity index (χ0) is 25.5. The van der Waals surface area contributed by atoms with Gasteiger partial charge >= 0.3 is 11.9 Å². The molecule has 4 atom stereocenters. The smallest absolute Gasteiger partial charge is 0.333 e. The van der Waals surface area contributed by atoms with E-state index < -0.39 is 24.5 Å². The lowest BCUT2D eigenvalue weighted by Crippen LogP contribution is -2.34. The van der Waals surface area contributed by atoms with Crippen LogP contribution in [0.25, 0.3) is 0 Å². The van der Waals surface area contributed by atoms with Gasteiger partial charge in [-0.25, -0.2) is 14.8 Å². The number of ether oxygens (including phenoxy) is 2. The summed E-state index contributed by atoms with van der Waals surface area (Å²) >= 11 is 0. The van der Waals surface area contributed by atoms with Gasteiger partial charge in [0.05, 0.1) is 38.0 Å². The van der Waals surface area contributed by atoms with Crippen molar-refractivity contribution in [1.29, 1.82) is 0 Å². The molecule has 2 aromatic rings. The van der Waals surface area contributed by atoms with Gasteiger partial charge in [0, 0.05) is 29.4 Å². The molecule has 188 valence electrons. The molecule has 11 nitrogen and oxygen atoms in total. The van der Waals surface area contributed by atoms with E-state index in [9.17, 15) is 14.7 Å². The molecule has 0 unspecified atom stereocenters. The van der Waals surface area contributed by atoms with Gasteiger partial charge in [0.2, 0.25) is 0 Å². The van der Waals surface area contributed by atoms with Crippen LogP contribution in [0.3, 0.4) is 0 Å². The zero-order valence-corrected chi connectivity index (χ0v) is 19.5. The van der Waals surface area contributed by atoms with Crippen molar-refractivity contribution in [3.63, 3.8) is 0 Å². The number of methoxy groups -OCH3 is 1. The van der Waals surface area contributed by atoms with Crippen molar-refractivity contribution in [3.8, 4) is 11.5 Å². The van der Waals surface area contributed by atoms with Gasteiger partial charge in [-0.3, -0.25) is 9.79 Å². The largest absolute Gasteiger partial charge is 0.493 e. The van der Waals surface area contributed by atoms with E-state index in [-0.39, 0.29) is 18.1 Å². The highest BCUT2D eigenvalue weighted by Crippen LogP contribution is 2.44. The molecule has 1 saturated carbocycles. The topological polar surface area (TPSA) is 172 Å². The predicted octanol–water partition coefficient (Wildman–Crippen LogP) is 1.64. The number of aliphatic hydroxyl groups excluding tert-OH is 2. The second-order valence-electron chi connectivity index (χ2n) is 8.22. The molecule has 1 aliphatic carbocycles. The Labute approximate surface area is 202 Å². The van der Waals surface area contributed by atoms with Gasteiger partial charge in [0.25, 0.3) is 0 Å². The molecule has 1 aromatic carbocycles. The minimum atomic E-state index is -1.79. The van der Waals surface area contributed by atoms with E-state index in [1.54, 1.807) is 19.5 Å². The molecular formula is C24H29N3O8. The summed E-state index contributed by atoms with van der Waals surface area (Å²) in [4.78, 5) is 32.7. The maximum atomic E-state index is 10.2. The first-order valence-electron chi connectivity index (χ1n) is 11.2. The Kier molecular flexibility index (Phi) is 8.72. The van der Waals surface area contributed by atoms with Gasteiger partial charge in [-0.1, -0.05) is 0 Å².